The summed E-state index contributed by atoms with van der Waals surface area (Å²) in [6, 6.07) is 11.3. The quantitative estimate of drug-likeness (QED) is 0.793. The van der Waals surface area contributed by atoms with E-state index in [0.717, 1.165) is 16.2 Å². The number of benzene rings is 1. The molecule has 0 unspecified atom stereocenters. The summed E-state index contributed by atoms with van der Waals surface area (Å²) >= 11 is 2.92. The van der Waals surface area contributed by atoms with Gasteiger partial charge in [0.2, 0.25) is 0 Å². The predicted molar refractivity (Wildman–Crippen MR) is 93.0 cm³/mol. The van der Waals surface area contributed by atoms with Gasteiger partial charge in [-0.15, -0.1) is 23.1 Å². The van der Waals surface area contributed by atoms with Crippen molar-refractivity contribution in [3.63, 3.8) is 0 Å². The lowest BCUT2D eigenvalue weighted by Gasteiger charge is -2.17. The van der Waals surface area contributed by atoms with Crippen LogP contribution < -0.4 is 4.90 Å². The van der Waals surface area contributed by atoms with Crippen LogP contribution in [0.2, 0.25) is 0 Å². The molecular formula is C17H15NO2S2. The molecule has 0 fully saturated rings. The highest BCUT2D eigenvalue weighted by molar-refractivity contribution is 8.04. The molecule has 0 saturated carbocycles. The lowest BCUT2D eigenvalue weighted by Crippen LogP contribution is -2.31. The Hall–Kier alpha value is -1.85. The number of thioether (sulfide) groups is 1. The fraction of sp³-hybridized carbons (Fsp3) is 0.176. The van der Waals surface area contributed by atoms with E-state index in [4.69, 9.17) is 0 Å². The van der Waals surface area contributed by atoms with E-state index in [1.54, 1.807) is 0 Å². The second-order valence-corrected chi connectivity index (χ2v) is 7.07. The van der Waals surface area contributed by atoms with E-state index in [1.165, 1.54) is 28.0 Å². The van der Waals surface area contributed by atoms with E-state index in [0.29, 0.717) is 16.2 Å². The van der Waals surface area contributed by atoms with E-state index in [1.807, 2.05) is 55.6 Å². The molecule has 3 nitrogen and oxygen atoms in total. The predicted octanol–water partition coefficient (Wildman–Crippen LogP) is 4.09. The van der Waals surface area contributed by atoms with E-state index >= 15 is 0 Å². The Morgan fingerprint density at radius 3 is 2.50 bits per heavy atom. The van der Waals surface area contributed by atoms with Crippen molar-refractivity contribution in [1.82, 2.24) is 0 Å². The molecule has 1 aromatic heterocycles. The van der Waals surface area contributed by atoms with E-state index in [9.17, 15) is 9.59 Å². The van der Waals surface area contributed by atoms with Crippen molar-refractivity contribution in [2.24, 2.45) is 0 Å². The van der Waals surface area contributed by atoms with Crippen LogP contribution in [0, 0.1) is 6.92 Å². The summed E-state index contributed by atoms with van der Waals surface area (Å²) in [5.41, 5.74) is 2.12. The van der Waals surface area contributed by atoms with Gasteiger partial charge in [-0.3, -0.25) is 9.59 Å². The summed E-state index contributed by atoms with van der Waals surface area (Å²) in [6.45, 7) is 3.89. The normalized spacial score (nSPS) is 15.1. The molecule has 1 aliphatic heterocycles. The third-order valence-corrected chi connectivity index (χ3v) is 5.30. The third kappa shape index (κ3) is 2.40. The maximum Gasteiger partial charge on any atom is 0.272 e. The van der Waals surface area contributed by atoms with Gasteiger partial charge in [0.1, 0.15) is 0 Å². The second kappa shape index (κ2) is 6.10. The van der Waals surface area contributed by atoms with Crippen LogP contribution in [0.25, 0.3) is 5.57 Å². The maximum absolute atomic E-state index is 12.9. The summed E-state index contributed by atoms with van der Waals surface area (Å²) in [5, 5.41) is 1.92. The van der Waals surface area contributed by atoms with E-state index in [-0.39, 0.29) is 11.8 Å². The van der Waals surface area contributed by atoms with Crippen LogP contribution in [0.4, 0.5) is 5.69 Å². The molecule has 3 rings (SSSR count). The molecule has 0 bridgehead atoms. The van der Waals surface area contributed by atoms with Gasteiger partial charge in [-0.05, 0) is 35.8 Å². The van der Waals surface area contributed by atoms with Gasteiger partial charge in [0, 0.05) is 4.88 Å². The van der Waals surface area contributed by atoms with Gasteiger partial charge in [0.15, 0.2) is 0 Å². The van der Waals surface area contributed by atoms with Gasteiger partial charge in [-0.1, -0.05) is 31.2 Å². The topological polar surface area (TPSA) is 37.4 Å². The van der Waals surface area contributed by atoms with Gasteiger partial charge >= 0.3 is 0 Å². The highest BCUT2D eigenvalue weighted by atomic mass is 32.2. The summed E-state index contributed by atoms with van der Waals surface area (Å²) in [6.07, 6.45) is 0. The summed E-state index contributed by atoms with van der Waals surface area (Å²) in [7, 11) is 0. The molecule has 5 heteroatoms. The van der Waals surface area contributed by atoms with Gasteiger partial charge in [0.25, 0.3) is 11.8 Å². The number of hydrogen-bond donors (Lipinski definition) is 0. The molecule has 0 aliphatic carbocycles. The SMILES string of the molecule is CCSC1=C(c2cccs2)C(=O)N(c2ccccc2C)C1=O. The number of carbonyl (C=O) groups excluding carboxylic acids is 2. The van der Waals surface area contributed by atoms with Crippen LogP contribution in [0.1, 0.15) is 17.4 Å². The molecule has 0 saturated heterocycles. The molecule has 2 aromatic rings. The number of anilines is 1. The number of aryl methyl sites for hydroxylation is 1. The number of para-hydroxylation sites is 1. The molecule has 0 spiro atoms. The largest absolute Gasteiger partial charge is 0.272 e. The average Bonchev–Trinajstić information content (AvgIpc) is 3.09. The molecule has 2 heterocycles. The third-order valence-electron chi connectivity index (χ3n) is 3.45. The summed E-state index contributed by atoms with van der Waals surface area (Å²) < 4.78 is 0. The highest BCUT2D eigenvalue weighted by Gasteiger charge is 2.40. The Morgan fingerprint density at radius 1 is 1.09 bits per heavy atom. The van der Waals surface area contributed by atoms with Crippen LogP contribution in [0.3, 0.4) is 0 Å². The van der Waals surface area contributed by atoms with Crippen LogP contribution >= 0.6 is 23.1 Å². The van der Waals surface area contributed by atoms with Crippen molar-refractivity contribution in [1.29, 1.82) is 0 Å². The Bertz CT molecular complexity index is 763. The van der Waals surface area contributed by atoms with Gasteiger partial charge < -0.3 is 0 Å². The number of rotatable bonds is 4. The van der Waals surface area contributed by atoms with E-state index < -0.39 is 0 Å². The van der Waals surface area contributed by atoms with Crippen LogP contribution in [0.15, 0.2) is 46.7 Å². The zero-order valence-corrected chi connectivity index (χ0v) is 14.0. The molecular weight excluding hydrogens is 314 g/mol. The first-order chi connectivity index (χ1) is 10.6. The van der Waals surface area contributed by atoms with Gasteiger partial charge in [-0.25, -0.2) is 4.90 Å². The Kier molecular flexibility index (Phi) is 4.18. The first-order valence-corrected chi connectivity index (χ1v) is 8.87. The van der Waals surface area contributed by atoms with E-state index in [2.05, 4.69) is 0 Å². The minimum absolute atomic E-state index is 0.213. The zero-order chi connectivity index (χ0) is 15.7. The molecule has 1 aliphatic rings. The Balaban J connectivity index is 2.11. The molecule has 1 aromatic carbocycles. The minimum Gasteiger partial charge on any atom is -0.268 e. The first-order valence-electron chi connectivity index (χ1n) is 7.00. The van der Waals surface area contributed by atoms with Gasteiger partial charge in [-0.2, -0.15) is 0 Å². The molecule has 112 valence electrons. The standard InChI is InChI=1S/C17H15NO2S2/c1-3-21-15-14(13-9-6-10-22-13)16(19)18(17(15)20)12-8-5-4-7-11(12)2/h4-10H,3H2,1-2H3. The Morgan fingerprint density at radius 2 is 1.86 bits per heavy atom. The van der Waals surface area contributed by atoms with Crippen molar-refractivity contribution in [2.45, 2.75) is 13.8 Å². The summed E-state index contributed by atoms with van der Waals surface area (Å²) in [4.78, 5) is 28.4. The number of hydrogen-bond acceptors (Lipinski definition) is 4. The fourth-order valence-corrected chi connectivity index (χ4v) is 4.14. The number of thiophene rings is 1. The lowest BCUT2D eigenvalue weighted by atomic mass is 10.1. The average molecular weight is 329 g/mol. The van der Waals surface area contributed by atoms with Crippen molar-refractivity contribution >= 4 is 46.2 Å². The smallest absolute Gasteiger partial charge is 0.268 e. The van der Waals surface area contributed by atoms with Crippen molar-refractivity contribution in [3.8, 4) is 0 Å². The lowest BCUT2D eigenvalue weighted by molar-refractivity contribution is -0.119. The number of imide groups is 1. The molecule has 0 N–H and O–H groups in total. The van der Waals surface area contributed by atoms with Gasteiger partial charge in [0.05, 0.1) is 16.2 Å². The number of carbonyl (C=O) groups is 2. The van der Waals surface area contributed by atoms with Crippen molar-refractivity contribution < 1.29 is 9.59 Å². The van der Waals surface area contributed by atoms with Crippen LogP contribution in [-0.4, -0.2) is 17.6 Å². The summed E-state index contributed by atoms with van der Waals surface area (Å²) in [5.74, 6) is 0.317. The molecule has 2 amide bonds. The second-order valence-electron chi connectivity index (χ2n) is 4.85. The fourth-order valence-electron chi connectivity index (χ4n) is 2.46. The molecule has 22 heavy (non-hydrogen) atoms. The number of nitrogens with zero attached hydrogens (tertiary/aromatic N) is 1. The van der Waals surface area contributed by atoms with Crippen LogP contribution in [0.5, 0.6) is 0 Å². The molecule has 0 atom stereocenters. The monoisotopic (exact) mass is 329 g/mol. The minimum atomic E-state index is -0.224. The number of amides is 2. The maximum atomic E-state index is 12.9. The van der Waals surface area contributed by atoms with Crippen molar-refractivity contribution in [3.05, 3.63) is 57.1 Å². The van der Waals surface area contributed by atoms with Crippen molar-refractivity contribution in [2.75, 3.05) is 10.7 Å². The Labute approximate surface area is 137 Å². The zero-order valence-electron chi connectivity index (χ0n) is 12.3. The highest BCUT2D eigenvalue weighted by Crippen LogP contribution is 2.40. The first kappa shape index (κ1) is 15.1. The van der Waals surface area contributed by atoms with Crippen LogP contribution in [-0.2, 0) is 9.59 Å². The molecule has 0 radical (unpaired) electrons.